The van der Waals surface area contributed by atoms with Gasteiger partial charge in [-0.05, 0) is 86.1 Å². The van der Waals surface area contributed by atoms with Crippen molar-refractivity contribution in [3.05, 3.63) is 47.6 Å². The Morgan fingerprint density at radius 3 is 2.56 bits per heavy atom. The van der Waals surface area contributed by atoms with E-state index < -0.39 is 0 Å². The van der Waals surface area contributed by atoms with Crippen LogP contribution in [0.1, 0.15) is 25.7 Å². The summed E-state index contributed by atoms with van der Waals surface area (Å²) in [5.74, 6) is 1.15. The molecule has 168 valence electrons. The number of benzene rings is 2. The Labute approximate surface area is 194 Å². The lowest BCUT2D eigenvalue weighted by Gasteiger charge is -2.35. The van der Waals surface area contributed by atoms with Gasteiger partial charge in [-0.15, -0.1) is 0 Å². The Morgan fingerprint density at radius 2 is 1.81 bits per heavy atom. The van der Waals surface area contributed by atoms with Crippen LogP contribution in [0, 0.1) is 5.92 Å². The molecule has 3 heterocycles. The van der Waals surface area contributed by atoms with Crippen LogP contribution in [0.15, 0.2) is 42.6 Å². The summed E-state index contributed by atoms with van der Waals surface area (Å²) in [5, 5.41) is 11.5. The lowest BCUT2D eigenvalue weighted by molar-refractivity contribution is 0.249. The van der Waals surface area contributed by atoms with Gasteiger partial charge < -0.3 is 19.6 Å². The second-order valence-corrected chi connectivity index (χ2v) is 9.42. The highest BCUT2D eigenvalue weighted by Gasteiger charge is 2.24. The maximum absolute atomic E-state index is 10.1. The van der Waals surface area contributed by atoms with Gasteiger partial charge in [0.05, 0.1) is 17.6 Å². The molecule has 0 unspecified atom stereocenters. The molecule has 2 aliphatic rings. The molecule has 1 N–H and O–H groups in total. The fourth-order valence-corrected chi connectivity index (χ4v) is 5.38. The SMILES string of the molecule is COc1cc(-c2ccc3nccc(N4CCC(CN5CCCC5)CC4)c3c2)cc(Cl)c1O. The lowest BCUT2D eigenvalue weighted by Crippen LogP contribution is -2.38. The number of likely N-dealkylation sites (tertiary alicyclic amines) is 1. The lowest BCUT2D eigenvalue weighted by atomic mass is 9.95. The van der Waals surface area contributed by atoms with Gasteiger partial charge in [-0.25, -0.2) is 0 Å². The van der Waals surface area contributed by atoms with Crippen molar-refractivity contribution in [3.63, 3.8) is 0 Å². The average Bonchev–Trinajstić information content (AvgIpc) is 3.33. The van der Waals surface area contributed by atoms with Crippen LogP contribution >= 0.6 is 11.6 Å². The van der Waals surface area contributed by atoms with Crippen molar-refractivity contribution in [2.45, 2.75) is 25.7 Å². The van der Waals surface area contributed by atoms with E-state index in [9.17, 15) is 5.11 Å². The zero-order chi connectivity index (χ0) is 22.1. The molecule has 0 bridgehead atoms. The number of rotatable bonds is 5. The highest BCUT2D eigenvalue weighted by molar-refractivity contribution is 6.32. The van der Waals surface area contributed by atoms with Gasteiger partial charge in [0.25, 0.3) is 0 Å². The van der Waals surface area contributed by atoms with Crippen LogP contribution in [-0.2, 0) is 0 Å². The molecule has 0 saturated carbocycles. The number of fused-ring (bicyclic) bond motifs is 1. The summed E-state index contributed by atoms with van der Waals surface area (Å²) in [6, 6.07) is 12.0. The predicted octanol–water partition coefficient (Wildman–Crippen LogP) is 5.58. The molecule has 2 saturated heterocycles. The molecule has 2 aromatic carbocycles. The Morgan fingerprint density at radius 1 is 1.03 bits per heavy atom. The van der Waals surface area contributed by atoms with E-state index in [1.54, 1.807) is 6.07 Å². The van der Waals surface area contributed by atoms with E-state index in [-0.39, 0.29) is 10.8 Å². The molecule has 2 aliphatic heterocycles. The number of piperidine rings is 1. The van der Waals surface area contributed by atoms with E-state index in [2.05, 4.69) is 33.0 Å². The quantitative estimate of drug-likeness (QED) is 0.548. The number of phenolic OH excluding ortho intramolecular Hbond substituents is 1. The van der Waals surface area contributed by atoms with Crippen molar-refractivity contribution in [2.24, 2.45) is 5.92 Å². The fraction of sp³-hybridized carbons (Fsp3) is 0.423. The molecule has 5 nitrogen and oxygen atoms in total. The van der Waals surface area contributed by atoms with E-state index >= 15 is 0 Å². The molecule has 0 radical (unpaired) electrons. The predicted molar refractivity (Wildman–Crippen MR) is 131 cm³/mol. The standard InChI is InChI=1S/C26H30ClN3O2/c1-32-25-16-20(15-22(27)26(25)31)19-4-5-23-21(14-19)24(6-9-28-23)30-12-7-18(8-13-30)17-29-10-2-3-11-29/h4-6,9,14-16,18,31H,2-3,7-8,10-13,17H2,1H3. The van der Waals surface area contributed by atoms with Crippen LogP contribution in [0.25, 0.3) is 22.0 Å². The topological polar surface area (TPSA) is 48.8 Å². The number of hydrogen-bond donors (Lipinski definition) is 1. The molecule has 1 aromatic heterocycles. The molecule has 3 aromatic rings. The number of phenols is 1. The minimum Gasteiger partial charge on any atom is -0.503 e. The van der Waals surface area contributed by atoms with Gasteiger partial charge in [0, 0.05) is 36.9 Å². The van der Waals surface area contributed by atoms with Crippen LogP contribution in [0.5, 0.6) is 11.5 Å². The number of pyridine rings is 1. The second kappa shape index (κ2) is 9.16. The number of aromatic nitrogens is 1. The zero-order valence-corrected chi connectivity index (χ0v) is 19.3. The molecule has 0 amide bonds. The van der Waals surface area contributed by atoms with Gasteiger partial charge in [0.15, 0.2) is 11.5 Å². The smallest absolute Gasteiger partial charge is 0.176 e. The van der Waals surface area contributed by atoms with Crippen molar-refractivity contribution in [1.29, 1.82) is 0 Å². The third-order valence-electron chi connectivity index (χ3n) is 6.97. The maximum atomic E-state index is 10.1. The van der Waals surface area contributed by atoms with Gasteiger partial charge >= 0.3 is 0 Å². The van der Waals surface area contributed by atoms with Gasteiger partial charge in [-0.3, -0.25) is 4.98 Å². The minimum atomic E-state index is -0.0298. The molecule has 32 heavy (non-hydrogen) atoms. The third-order valence-corrected chi connectivity index (χ3v) is 7.26. The number of nitrogens with zero attached hydrogens (tertiary/aromatic N) is 3. The number of aromatic hydroxyl groups is 1. The number of anilines is 1. The van der Waals surface area contributed by atoms with Crippen molar-refractivity contribution in [1.82, 2.24) is 9.88 Å². The first-order chi connectivity index (χ1) is 15.6. The van der Waals surface area contributed by atoms with E-state index in [0.29, 0.717) is 5.75 Å². The molecule has 6 heteroatoms. The highest BCUT2D eigenvalue weighted by Crippen LogP contribution is 2.40. The number of ether oxygens (including phenoxy) is 1. The normalized spacial score (nSPS) is 17.9. The Hall–Kier alpha value is -2.50. The molecule has 5 rings (SSSR count). The van der Waals surface area contributed by atoms with E-state index in [1.165, 1.54) is 58.1 Å². The van der Waals surface area contributed by atoms with Gasteiger partial charge in [-0.1, -0.05) is 17.7 Å². The number of halogens is 1. The first-order valence-corrected chi connectivity index (χ1v) is 11.9. The monoisotopic (exact) mass is 451 g/mol. The summed E-state index contributed by atoms with van der Waals surface area (Å²) >= 11 is 6.24. The summed E-state index contributed by atoms with van der Waals surface area (Å²) in [6.07, 6.45) is 7.12. The third kappa shape index (κ3) is 4.24. The van der Waals surface area contributed by atoms with E-state index in [0.717, 1.165) is 41.0 Å². The van der Waals surface area contributed by atoms with Crippen LogP contribution in [0.2, 0.25) is 5.02 Å². The average molecular weight is 452 g/mol. The van der Waals surface area contributed by atoms with Crippen LogP contribution in [0.4, 0.5) is 5.69 Å². The summed E-state index contributed by atoms with van der Waals surface area (Å²) in [5.41, 5.74) is 4.16. The molecule has 2 fully saturated rings. The molecular weight excluding hydrogens is 422 g/mol. The Bertz CT molecular complexity index is 1110. The number of methoxy groups -OCH3 is 1. The van der Waals surface area contributed by atoms with Crippen molar-refractivity contribution < 1.29 is 9.84 Å². The summed E-state index contributed by atoms with van der Waals surface area (Å²) in [7, 11) is 1.53. The number of hydrogen-bond acceptors (Lipinski definition) is 5. The van der Waals surface area contributed by atoms with Crippen LogP contribution < -0.4 is 9.64 Å². The van der Waals surface area contributed by atoms with E-state index in [4.69, 9.17) is 16.3 Å². The van der Waals surface area contributed by atoms with Crippen molar-refractivity contribution >= 4 is 28.2 Å². The second-order valence-electron chi connectivity index (χ2n) is 9.01. The van der Waals surface area contributed by atoms with Crippen molar-refractivity contribution in [2.75, 3.05) is 44.7 Å². The largest absolute Gasteiger partial charge is 0.503 e. The molecule has 0 aliphatic carbocycles. The van der Waals surface area contributed by atoms with Gasteiger partial charge in [0.1, 0.15) is 0 Å². The van der Waals surface area contributed by atoms with Crippen molar-refractivity contribution in [3.8, 4) is 22.6 Å². The van der Waals surface area contributed by atoms with Gasteiger partial charge in [-0.2, -0.15) is 0 Å². The van der Waals surface area contributed by atoms with Gasteiger partial charge in [0.2, 0.25) is 0 Å². The highest BCUT2D eigenvalue weighted by atomic mass is 35.5. The Kier molecular flexibility index (Phi) is 6.11. The maximum Gasteiger partial charge on any atom is 0.176 e. The minimum absolute atomic E-state index is 0.0298. The van der Waals surface area contributed by atoms with Crippen LogP contribution in [0.3, 0.4) is 0 Å². The fourth-order valence-electron chi connectivity index (χ4n) is 5.17. The Balaban J connectivity index is 1.41. The molecular formula is C26H30ClN3O2. The molecule has 0 spiro atoms. The summed E-state index contributed by atoms with van der Waals surface area (Å²) in [6.45, 7) is 5.99. The summed E-state index contributed by atoms with van der Waals surface area (Å²) < 4.78 is 5.29. The van der Waals surface area contributed by atoms with Crippen LogP contribution in [-0.4, -0.2) is 54.8 Å². The molecule has 0 atom stereocenters. The first kappa shape index (κ1) is 21.4. The first-order valence-electron chi connectivity index (χ1n) is 11.6. The summed E-state index contributed by atoms with van der Waals surface area (Å²) in [4.78, 5) is 9.75. The van der Waals surface area contributed by atoms with E-state index in [1.807, 2.05) is 18.3 Å². The zero-order valence-electron chi connectivity index (χ0n) is 18.6.